The van der Waals surface area contributed by atoms with Gasteiger partial charge >= 0.3 is 0 Å². The molecule has 0 atom stereocenters. The third-order valence-corrected chi connectivity index (χ3v) is 3.58. The SMILES string of the molecule is CC(=O)Nc1c(Sc2ccc(C)cc2)nn(C)c1N. The first-order valence-corrected chi connectivity index (χ1v) is 6.63. The van der Waals surface area contributed by atoms with Crippen molar-refractivity contribution in [1.82, 2.24) is 9.78 Å². The van der Waals surface area contributed by atoms with Crippen molar-refractivity contribution >= 4 is 29.2 Å². The van der Waals surface area contributed by atoms with Gasteiger partial charge in [-0.3, -0.25) is 9.48 Å². The number of amides is 1. The van der Waals surface area contributed by atoms with E-state index in [-0.39, 0.29) is 5.91 Å². The Bertz CT molecular complexity index is 604. The maximum atomic E-state index is 11.2. The van der Waals surface area contributed by atoms with Crippen molar-refractivity contribution < 1.29 is 4.79 Å². The lowest BCUT2D eigenvalue weighted by atomic mass is 10.2. The van der Waals surface area contributed by atoms with Crippen molar-refractivity contribution in [3.8, 4) is 0 Å². The van der Waals surface area contributed by atoms with Gasteiger partial charge in [0.1, 0.15) is 16.5 Å². The maximum absolute atomic E-state index is 11.2. The molecule has 0 spiro atoms. The number of carbonyl (C=O) groups is 1. The Morgan fingerprint density at radius 1 is 1.37 bits per heavy atom. The van der Waals surface area contributed by atoms with Crippen LogP contribution in [0.2, 0.25) is 0 Å². The number of nitrogen functional groups attached to an aromatic ring is 1. The molecule has 0 radical (unpaired) electrons. The second-order valence-corrected chi connectivity index (χ2v) is 5.35. The van der Waals surface area contributed by atoms with Crippen LogP contribution in [-0.2, 0) is 11.8 Å². The molecule has 2 aromatic rings. The highest BCUT2D eigenvalue weighted by atomic mass is 32.2. The fourth-order valence-electron chi connectivity index (χ4n) is 1.59. The Hall–Kier alpha value is -1.95. The summed E-state index contributed by atoms with van der Waals surface area (Å²) in [6, 6.07) is 8.10. The van der Waals surface area contributed by atoms with E-state index in [0.29, 0.717) is 16.5 Å². The molecule has 0 unspecified atom stereocenters. The minimum absolute atomic E-state index is 0.162. The Morgan fingerprint density at radius 3 is 2.58 bits per heavy atom. The van der Waals surface area contributed by atoms with Crippen molar-refractivity contribution in [2.75, 3.05) is 11.1 Å². The average molecular weight is 276 g/mol. The molecule has 100 valence electrons. The van der Waals surface area contributed by atoms with Gasteiger partial charge in [0.2, 0.25) is 5.91 Å². The lowest BCUT2D eigenvalue weighted by Crippen LogP contribution is -2.08. The first-order chi connectivity index (χ1) is 8.97. The van der Waals surface area contributed by atoms with Crippen LogP contribution < -0.4 is 11.1 Å². The molecule has 3 N–H and O–H groups in total. The van der Waals surface area contributed by atoms with Gasteiger partial charge in [-0.25, -0.2) is 0 Å². The molecule has 0 saturated heterocycles. The zero-order valence-corrected chi connectivity index (χ0v) is 11.9. The molecular weight excluding hydrogens is 260 g/mol. The van der Waals surface area contributed by atoms with Crippen molar-refractivity contribution in [2.24, 2.45) is 7.05 Å². The maximum Gasteiger partial charge on any atom is 0.221 e. The summed E-state index contributed by atoms with van der Waals surface area (Å²) in [7, 11) is 1.75. The van der Waals surface area contributed by atoms with Crippen molar-refractivity contribution in [2.45, 2.75) is 23.8 Å². The summed E-state index contributed by atoms with van der Waals surface area (Å²) in [4.78, 5) is 12.3. The molecule has 0 saturated carbocycles. The van der Waals surface area contributed by atoms with Gasteiger partial charge in [-0.2, -0.15) is 5.10 Å². The first-order valence-electron chi connectivity index (χ1n) is 5.82. The molecule has 19 heavy (non-hydrogen) atoms. The molecule has 1 heterocycles. The lowest BCUT2D eigenvalue weighted by molar-refractivity contribution is -0.114. The zero-order valence-electron chi connectivity index (χ0n) is 11.1. The number of hydrogen-bond acceptors (Lipinski definition) is 4. The van der Waals surface area contributed by atoms with Crippen LogP contribution in [-0.4, -0.2) is 15.7 Å². The van der Waals surface area contributed by atoms with E-state index >= 15 is 0 Å². The van der Waals surface area contributed by atoms with Crippen LogP contribution >= 0.6 is 11.8 Å². The highest BCUT2D eigenvalue weighted by Crippen LogP contribution is 2.35. The normalized spacial score (nSPS) is 10.5. The van der Waals surface area contributed by atoms with Crippen LogP contribution in [0.4, 0.5) is 11.5 Å². The summed E-state index contributed by atoms with van der Waals surface area (Å²) in [5.41, 5.74) is 7.67. The third kappa shape index (κ3) is 3.08. The molecule has 2 rings (SSSR count). The van der Waals surface area contributed by atoms with Gasteiger partial charge < -0.3 is 11.1 Å². The van der Waals surface area contributed by atoms with E-state index in [2.05, 4.69) is 10.4 Å². The largest absolute Gasteiger partial charge is 0.382 e. The van der Waals surface area contributed by atoms with Crippen LogP contribution in [0.5, 0.6) is 0 Å². The van der Waals surface area contributed by atoms with Gasteiger partial charge in [0, 0.05) is 18.9 Å². The monoisotopic (exact) mass is 276 g/mol. The molecule has 0 bridgehead atoms. The summed E-state index contributed by atoms with van der Waals surface area (Å²) in [5.74, 6) is 0.287. The molecule has 0 aliphatic carbocycles. The van der Waals surface area contributed by atoms with Crippen LogP contribution in [0.25, 0.3) is 0 Å². The molecule has 1 aromatic heterocycles. The molecule has 1 aromatic carbocycles. The molecule has 0 aliphatic rings. The van der Waals surface area contributed by atoms with Gasteiger partial charge in [0.15, 0.2) is 0 Å². The van der Waals surface area contributed by atoms with E-state index in [1.165, 1.54) is 24.2 Å². The molecular formula is C13H16N4OS. The van der Waals surface area contributed by atoms with Gasteiger partial charge in [-0.05, 0) is 19.1 Å². The lowest BCUT2D eigenvalue weighted by Gasteiger charge is -2.04. The van der Waals surface area contributed by atoms with E-state index in [1.54, 1.807) is 11.7 Å². The average Bonchev–Trinajstić information content (AvgIpc) is 2.60. The molecule has 5 nitrogen and oxygen atoms in total. The number of nitrogens with two attached hydrogens (primary N) is 1. The second-order valence-electron chi connectivity index (χ2n) is 4.29. The number of carbonyl (C=O) groups excluding carboxylic acids is 1. The number of hydrogen-bond donors (Lipinski definition) is 2. The number of aryl methyl sites for hydroxylation is 2. The van der Waals surface area contributed by atoms with Crippen molar-refractivity contribution in [1.29, 1.82) is 0 Å². The molecule has 6 heteroatoms. The Labute approximate surface area is 116 Å². The predicted octanol–water partition coefficient (Wildman–Crippen LogP) is 2.42. The Kier molecular flexibility index (Phi) is 3.80. The van der Waals surface area contributed by atoms with Crippen LogP contribution in [0.3, 0.4) is 0 Å². The number of anilines is 2. The van der Waals surface area contributed by atoms with E-state index in [1.807, 2.05) is 31.2 Å². The summed E-state index contributed by atoms with van der Waals surface area (Å²) >= 11 is 1.47. The highest BCUT2D eigenvalue weighted by Gasteiger charge is 2.16. The van der Waals surface area contributed by atoms with Gasteiger partial charge in [0.25, 0.3) is 0 Å². The second kappa shape index (κ2) is 5.36. The Balaban J connectivity index is 2.31. The van der Waals surface area contributed by atoms with E-state index in [0.717, 1.165) is 4.90 Å². The number of rotatable bonds is 3. The van der Waals surface area contributed by atoms with Gasteiger partial charge in [-0.15, -0.1) is 0 Å². The number of nitrogens with zero attached hydrogens (tertiary/aromatic N) is 2. The number of aromatic nitrogens is 2. The number of benzene rings is 1. The summed E-state index contributed by atoms with van der Waals surface area (Å²) in [5, 5.41) is 7.74. The quantitative estimate of drug-likeness (QED) is 0.903. The molecule has 1 amide bonds. The van der Waals surface area contributed by atoms with Crippen LogP contribution in [0.1, 0.15) is 12.5 Å². The fraction of sp³-hybridized carbons (Fsp3) is 0.231. The van der Waals surface area contributed by atoms with Gasteiger partial charge in [0.05, 0.1) is 0 Å². The Morgan fingerprint density at radius 2 is 2.00 bits per heavy atom. The van der Waals surface area contributed by atoms with Crippen LogP contribution in [0.15, 0.2) is 34.2 Å². The first kappa shape index (κ1) is 13.5. The van der Waals surface area contributed by atoms with E-state index in [4.69, 9.17) is 5.73 Å². The summed E-state index contributed by atoms with van der Waals surface area (Å²) < 4.78 is 1.56. The third-order valence-electron chi connectivity index (χ3n) is 2.60. The minimum atomic E-state index is -0.162. The minimum Gasteiger partial charge on any atom is -0.382 e. The van der Waals surface area contributed by atoms with Crippen molar-refractivity contribution in [3.63, 3.8) is 0 Å². The number of nitrogens with one attached hydrogen (secondary N) is 1. The molecule has 0 aliphatic heterocycles. The summed E-state index contributed by atoms with van der Waals surface area (Å²) in [6.45, 7) is 3.49. The molecule has 0 fully saturated rings. The smallest absolute Gasteiger partial charge is 0.221 e. The van der Waals surface area contributed by atoms with Crippen molar-refractivity contribution in [3.05, 3.63) is 29.8 Å². The van der Waals surface area contributed by atoms with Crippen LogP contribution in [0, 0.1) is 6.92 Å². The summed E-state index contributed by atoms with van der Waals surface area (Å²) in [6.07, 6.45) is 0. The van der Waals surface area contributed by atoms with Gasteiger partial charge in [-0.1, -0.05) is 29.5 Å². The predicted molar refractivity (Wildman–Crippen MR) is 77.2 cm³/mol. The highest BCUT2D eigenvalue weighted by molar-refractivity contribution is 7.99. The topological polar surface area (TPSA) is 72.9 Å². The zero-order chi connectivity index (χ0) is 14.0. The van der Waals surface area contributed by atoms with E-state index in [9.17, 15) is 4.79 Å². The fourth-order valence-corrected chi connectivity index (χ4v) is 2.51. The standard InChI is InChI=1S/C13H16N4OS/c1-8-4-6-10(7-5-8)19-13-11(15-9(2)18)12(14)17(3)16-13/h4-7H,14H2,1-3H3,(H,15,18). The van der Waals surface area contributed by atoms with E-state index < -0.39 is 0 Å².